The number of para-hydroxylation sites is 1. The lowest BCUT2D eigenvalue weighted by molar-refractivity contribution is 0.102. The zero-order chi connectivity index (χ0) is 24.8. The van der Waals surface area contributed by atoms with Gasteiger partial charge in [0.1, 0.15) is 23.2 Å². The van der Waals surface area contributed by atoms with E-state index in [0.717, 1.165) is 0 Å². The summed E-state index contributed by atoms with van der Waals surface area (Å²) in [6.07, 6.45) is 1.82. The van der Waals surface area contributed by atoms with Crippen LogP contribution in [0.15, 0.2) is 89.2 Å². The lowest BCUT2D eigenvalue weighted by Gasteiger charge is -2.12. The van der Waals surface area contributed by atoms with Crippen LogP contribution in [0.25, 0.3) is 32.8 Å². The fourth-order valence-corrected chi connectivity index (χ4v) is 4.92. The number of carbonyl (C=O) groups excluding carboxylic acids is 1. The van der Waals surface area contributed by atoms with Crippen LogP contribution < -0.4 is 10.9 Å². The molecule has 9 heteroatoms. The maximum Gasteiger partial charge on any atom is 0.265 e. The van der Waals surface area contributed by atoms with Gasteiger partial charge in [0.15, 0.2) is 4.96 Å². The summed E-state index contributed by atoms with van der Waals surface area (Å²) < 4.78 is 16.8. The second-order valence-corrected chi connectivity index (χ2v) is 9.06. The number of imidazole rings is 1. The Balaban J connectivity index is 1.34. The molecule has 1 N–H and O–H groups in total. The molecule has 176 valence electrons. The minimum Gasteiger partial charge on any atom is -0.306 e. The van der Waals surface area contributed by atoms with Crippen LogP contribution in [-0.4, -0.2) is 24.8 Å². The number of anilines is 1. The molecule has 0 aliphatic rings. The average Bonchev–Trinajstić information content (AvgIpc) is 3.48. The molecule has 1 amide bonds. The van der Waals surface area contributed by atoms with Gasteiger partial charge in [0.05, 0.1) is 16.6 Å². The lowest BCUT2D eigenvalue weighted by atomic mass is 10.1. The molecule has 3 aromatic heterocycles. The van der Waals surface area contributed by atoms with Gasteiger partial charge in [-0.3, -0.25) is 18.6 Å². The van der Waals surface area contributed by atoms with Gasteiger partial charge in [-0.05, 0) is 67.6 Å². The lowest BCUT2D eigenvalue weighted by Crippen LogP contribution is -2.22. The fraction of sp³-hybridized carbons (Fsp3) is 0.0370. The minimum absolute atomic E-state index is 0.168. The van der Waals surface area contributed by atoms with E-state index < -0.39 is 0 Å². The highest BCUT2D eigenvalue weighted by Gasteiger charge is 2.18. The summed E-state index contributed by atoms with van der Waals surface area (Å²) in [5.41, 5.74) is 2.74. The number of halogens is 1. The van der Waals surface area contributed by atoms with Crippen molar-refractivity contribution in [3.63, 3.8) is 0 Å². The molecule has 0 spiro atoms. The molecule has 0 radical (unpaired) electrons. The van der Waals surface area contributed by atoms with Crippen LogP contribution in [0.5, 0.6) is 0 Å². The predicted octanol–water partition coefficient (Wildman–Crippen LogP) is 5.46. The molecular weight excluding hydrogens is 477 g/mol. The van der Waals surface area contributed by atoms with Gasteiger partial charge in [-0.25, -0.2) is 14.4 Å². The monoisotopic (exact) mass is 495 g/mol. The van der Waals surface area contributed by atoms with Crippen molar-refractivity contribution in [2.45, 2.75) is 6.92 Å². The number of nitrogens with zero attached hydrogens (tertiary/aromatic N) is 4. The van der Waals surface area contributed by atoms with E-state index in [-0.39, 0.29) is 17.3 Å². The number of amides is 1. The van der Waals surface area contributed by atoms with Crippen molar-refractivity contribution in [3.8, 4) is 16.9 Å². The standard InChI is InChI=1S/C27H18FN5O2S/c1-16-29-22-5-3-2-4-21(22)26(35)33(16)20-12-8-18(9-13-20)25(34)31-24-23(17-6-10-19(28)11-7-17)30-27-32(24)14-15-36-27/h2-15H,1H3,(H,31,34). The molecule has 0 unspecified atom stereocenters. The number of benzene rings is 3. The zero-order valence-corrected chi connectivity index (χ0v) is 19.8. The van der Waals surface area contributed by atoms with Crippen LogP contribution >= 0.6 is 11.3 Å². The van der Waals surface area contributed by atoms with Crippen molar-refractivity contribution in [2.75, 3.05) is 5.32 Å². The average molecular weight is 496 g/mol. The SMILES string of the molecule is Cc1nc2ccccc2c(=O)n1-c1ccc(C(=O)Nc2c(-c3ccc(F)cc3)nc3sccn23)cc1. The first-order chi connectivity index (χ1) is 17.5. The molecular formula is C27H18FN5O2S. The van der Waals surface area contributed by atoms with Gasteiger partial charge < -0.3 is 5.32 Å². The topological polar surface area (TPSA) is 81.3 Å². The normalized spacial score (nSPS) is 11.3. The van der Waals surface area contributed by atoms with Crippen molar-refractivity contribution in [3.05, 3.63) is 112 Å². The highest BCUT2D eigenvalue weighted by atomic mass is 32.1. The first-order valence-electron chi connectivity index (χ1n) is 11.1. The fourth-order valence-electron chi connectivity index (χ4n) is 4.20. The zero-order valence-electron chi connectivity index (χ0n) is 19.0. The van der Waals surface area contributed by atoms with Gasteiger partial charge in [-0.1, -0.05) is 12.1 Å². The largest absolute Gasteiger partial charge is 0.306 e. The summed E-state index contributed by atoms with van der Waals surface area (Å²) in [6, 6.07) is 19.9. The van der Waals surface area contributed by atoms with Gasteiger partial charge in [-0.2, -0.15) is 0 Å². The van der Waals surface area contributed by atoms with Gasteiger partial charge in [0.2, 0.25) is 0 Å². The van der Waals surface area contributed by atoms with Crippen LogP contribution in [0.3, 0.4) is 0 Å². The Hall–Kier alpha value is -4.63. The molecule has 6 rings (SSSR count). The molecule has 3 aromatic carbocycles. The van der Waals surface area contributed by atoms with Gasteiger partial charge >= 0.3 is 0 Å². The second kappa shape index (κ2) is 8.54. The van der Waals surface area contributed by atoms with E-state index >= 15 is 0 Å². The number of aromatic nitrogens is 4. The number of aryl methyl sites for hydroxylation is 1. The van der Waals surface area contributed by atoms with Crippen LogP contribution in [0.2, 0.25) is 0 Å². The number of carbonyl (C=O) groups is 1. The first-order valence-corrected chi connectivity index (χ1v) is 12.0. The van der Waals surface area contributed by atoms with Gasteiger partial charge in [0, 0.05) is 22.7 Å². The molecule has 0 atom stereocenters. The van der Waals surface area contributed by atoms with Crippen LogP contribution in [0.4, 0.5) is 10.2 Å². The molecule has 0 saturated carbocycles. The Morgan fingerprint density at radius 1 is 0.972 bits per heavy atom. The summed E-state index contributed by atoms with van der Waals surface area (Å²) in [6.45, 7) is 1.77. The van der Waals surface area contributed by atoms with Crippen LogP contribution in [0, 0.1) is 12.7 Å². The highest BCUT2D eigenvalue weighted by Crippen LogP contribution is 2.31. The molecule has 7 nitrogen and oxygen atoms in total. The molecule has 0 aliphatic carbocycles. The molecule has 6 aromatic rings. The number of hydrogen-bond acceptors (Lipinski definition) is 5. The first kappa shape index (κ1) is 21.9. The van der Waals surface area contributed by atoms with E-state index in [1.807, 2.05) is 23.7 Å². The third-order valence-corrected chi connectivity index (χ3v) is 6.70. The summed E-state index contributed by atoms with van der Waals surface area (Å²) in [4.78, 5) is 36.1. The van der Waals surface area contributed by atoms with Crippen molar-refractivity contribution in [2.24, 2.45) is 0 Å². The molecule has 0 bridgehead atoms. The summed E-state index contributed by atoms with van der Waals surface area (Å²) in [7, 11) is 0. The van der Waals surface area contributed by atoms with Crippen molar-refractivity contribution in [1.82, 2.24) is 18.9 Å². The third kappa shape index (κ3) is 3.66. The molecule has 0 saturated heterocycles. The Bertz CT molecular complexity index is 1820. The minimum atomic E-state index is -0.346. The van der Waals surface area contributed by atoms with Crippen molar-refractivity contribution < 1.29 is 9.18 Å². The van der Waals surface area contributed by atoms with E-state index in [9.17, 15) is 14.0 Å². The Labute approximate surface area is 208 Å². The van der Waals surface area contributed by atoms with E-state index in [4.69, 9.17) is 0 Å². The van der Waals surface area contributed by atoms with Crippen molar-refractivity contribution >= 4 is 38.9 Å². The molecule has 0 aliphatic heterocycles. The Morgan fingerprint density at radius 2 is 1.72 bits per heavy atom. The third-order valence-electron chi connectivity index (χ3n) is 5.94. The predicted molar refractivity (Wildman–Crippen MR) is 138 cm³/mol. The van der Waals surface area contributed by atoms with Gasteiger partial charge in [-0.15, -0.1) is 11.3 Å². The summed E-state index contributed by atoms with van der Waals surface area (Å²) in [5.74, 6) is 0.372. The molecule has 36 heavy (non-hydrogen) atoms. The van der Waals surface area contributed by atoms with E-state index in [1.54, 1.807) is 59.9 Å². The quantitative estimate of drug-likeness (QED) is 0.352. The number of fused-ring (bicyclic) bond motifs is 2. The number of nitrogens with one attached hydrogen (secondary N) is 1. The van der Waals surface area contributed by atoms with E-state index in [1.165, 1.54) is 28.0 Å². The molecule has 0 fully saturated rings. The summed E-state index contributed by atoms with van der Waals surface area (Å²) in [5, 5.41) is 5.35. The van der Waals surface area contributed by atoms with Gasteiger partial charge in [0.25, 0.3) is 11.5 Å². The van der Waals surface area contributed by atoms with Crippen molar-refractivity contribution in [1.29, 1.82) is 0 Å². The second-order valence-electron chi connectivity index (χ2n) is 8.19. The van der Waals surface area contributed by atoms with E-state index in [0.29, 0.717) is 50.0 Å². The highest BCUT2D eigenvalue weighted by molar-refractivity contribution is 7.15. The number of thiazole rings is 1. The van der Waals surface area contributed by atoms with Crippen LogP contribution in [-0.2, 0) is 0 Å². The maximum absolute atomic E-state index is 13.4. The molecule has 3 heterocycles. The number of rotatable bonds is 4. The smallest absolute Gasteiger partial charge is 0.265 e. The summed E-state index contributed by atoms with van der Waals surface area (Å²) >= 11 is 1.43. The Morgan fingerprint density at radius 3 is 2.50 bits per heavy atom. The van der Waals surface area contributed by atoms with E-state index in [2.05, 4.69) is 15.3 Å². The van der Waals surface area contributed by atoms with Crippen LogP contribution in [0.1, 0.15) is 16.2 Å². The number of hydrogen-bond donors (Lipinski definition) is 1. The Kier molecular flexibility index (Phi) is 5.19. The maximum atomic E-state index is 13.4.